The van der Waals surface area contributed by atoms with Crippen LogP contribution in [0, 0.1) is 0 Å². The molecule has 1 heterocycles. The van der Waals surface area contributed by atoms with Crippen molar-refractivity contribution < 1.29 is 9.53 Å². The van der Waals surface area contributed by atoms with Gasteiger partial charge in [-0.05, 0) is 49.2 Å². The average molecular weight is 393 g/mol. The van der Waals surface area contributed by atoms with Crippen molar-refractivity contribution >= 4 is 29.1 Å². The summed E-state index contributed by atoms with van der Waals surface area (Å²) in [5.41, 5.74) is 2.40. The summed E-state index contributed by atoms with van der Waals surface area (Å²) < 4.78 is 5.47. The predicted molar refractivity (Wildman–Crippen MR) is 105 cm³/mol. The smallest absolute Gasteiger partial charge is 0.258 e. The molecule has 0 aromatic heterocycles. The summed E-state index contributed by atoms with van der Waals surface area (Å²) in [5.74, 6) is 0.344. The van der Waals surface area contributed by atoms with Gasteiger partial charge in [0.1, 0.15) is 5.75 Å². The predicted octanol–water partition coefficient (Wildman–Crippen LogP) is 4.28. The summed E-state index contributed by atoms with van der Waals surface area (Å²) in [6.45, 7) is 3.67. The van der Waals surface area contributed by atoms with Gasteiger partial charge in [-0.3, -0.25) is 9.69 Å². The number of nitrogens with one attached hydrogen (secondary N) is 1. The van der Waals surface area contributed by atoms with Gasteiger partial charge in [-0.25, -0.2) is 0 Å². The Morgan fingerprint density at radius 1 is 1.04 bits per heavy atom. The Hall–Kier alpha value is -1.75. The zero-order valence-electron chi connectivity index (χ0n) is 14.5. The van der Waals surface area contributed by atoms with Crippen molar-refractivity contribution in [2.24, 2.45) is 0 Å². The van der Waals surface area contributed by atoms with Crippen molar-refractivity contribution in [3.05, 3.63) is 63.6 Å². The quantitative estimate of drug-likeness (QED) is 0.763. The first-order chi connectivity index (χ1) is 12.6. The van der Waals surface area contributed by atoms with Gasteiger partial charge in [0.2, 0.25) is 0 Å². The molecule has 0 saturated carbocycles. The monoisotopic (exact) mass is 392 g/mol. The third-order valence-electron chi connectivity index (χ3n) is 4.45. The second-order valence-corrected chi connectivity index (χ2v) is 7.21. The average Bonchev–Trinajstić information content (AvgIpc) is 3.15. The van der Waals surface area contributed by atoms with Crippen LogP contribution in [0.3, 0.4) is 0 Å². The van der Waals surface area contributed by atoms with Gasteiger partial charge < -0.3 is 10.1 Å². The highest BCUT2D eigenvalue weighted by atomic mass is 35.5. The lowest BCUT2D eigenvalue weighted by molar-refractivity contribution is -0.123. The highest BCUT2D eigenvalue weighted by Crippen LogP contribution is 2.26. The number of amides is 1. The molecule has 3 rings (SSSR count). The Balaban J connectivity index is 1.50. The molecule has 0 bridgehead atoms. The number of halogens is 2. The minimum Gasteiger partial charge on any atom is -0.484 e. The summed E-state index contributed by atoms with van der Waals surface area (Å²) in [7, 11) is 0. The molecule has 1 aliphatic heterocycles. The van der Waals surface area contributed by atoms with Crippen LogP contribution in [-0.4, -0.2) is 30.5 Å². The van der Waals surface area contributed by atoms with E-state index in [1.165, 1.54) is 18.4 Å². The molecule has 1 fully saturated rings. The molecule has 2 aromatic carbocycles. The molecule has 0 spiro atoms. The fourth-order valence-corrected chi connectivity index (χ4v) is 3.31. The van der Waals surface area contributed by atoms with Crippen molar-refractivity contribution in [1.29, 1.82) is 0 Å². The normalized spacial score (nSPS) is 14.4. The Labute approximate surface area is 164 Å². The number of carbonyl (C=O) groups is 1. The van der Waals surface area contributed by atoms with Crippen molar-refractivity contribution in [2.45, 2.75) is 25.9 Å². The van der Waals surface area contributed by atoms with E-state index in [9.17, 15) is 4.79 Å². The van der Waals surface area contributed by atoms with Gasteiger partial charge in [-0.2, -0.15) is 0 Å². The SMILES string of the molecule is O=C(COc1ccc(Cl)c(Cl)c1)NCc1ccccc1CN1CCCC1. The molecule has 1 amide bonds. The topological polar surface area (TPSA) is 41.6 Å². The molecule has 1 saturated heterocycles. The lowest BCUT2D eigenvalue weighted by Crippen LogP contribution is -2.29. The van der Waals surface area contributed by atoms with Crippen LogP contribution in [0.1, 0.15) is 24.0 Å². The molecule has 1 aliphatic rings. The lowest BCUT2D eigenvalue weighted by Gasteiger charge is -2.17. The van der Waals surface area contributed by atoms with E-state index >= 15 is 0 Å². The van der Waals surface area contributed by atoms with Gasteiger partial charge in [-0.15, -0.1) is 0 Å². The molecule has 0 aliphatic carbocycles. The summed E-state index contributed by atoms with van der Waals surface area (Å²) >= 11 is 11.8. The van der Waals surface area contributed by atoms with Crippen molar-refractivity contribution in [3.63, 3.8) is 0 Å². The van der Waals surface area contributed by atoms with Crippen LogP contribution in [0.2, 0.25) is 10.0 Å². The van der Waals surface area contributed by atoms with E-state index in [1.807, 2.05) is 12.1 Å². The van der Waals surface area contributed by atoms with Crippen LogP contribution in [0.5, 0.6) is 5.75 Å². The second-order valence-electron chi connectivity index (χ2n) is 6.39. The molecule has 1 N–H and O–H groups in total. The molecule has 2 aromatic rings. The first kappa shape index (κ1) is 19.0. The third-order valence-corrected chi connectivity index (χ3v) is 5.19. The van der Waals surface area contributed by atoms with Crippen LogP contribution < -0.4 is 10.1 Å². The summed E-state index contributed by atoms with van der Waals surface area (Å²) in [5, 5.41) is 3.78. The molecule has 26 heavy (non-hydrogen) atoms. The maximum Gasteiger partial charge on any atom is 0.258 e. The maximum atomic E-state index is 12.1. The standard InChI is InChI=1S/C20H22Cl2N2O2/c21-18-8-7-17(11-19(18)22)26-14-20(25)23-12-15-5-1-2-6-16(15)13-24-9-3-4-10-24/h1-2,5-8,11H,3-4,9-10,12-14H2,(H,23,25). The molecular weight excluding hydrogens is 371 g/mol. The Morgan fingerprint density at radius 2 is 1.77 bits per heavy atom. The molecule has 0 unspecified atom stereocenters. The number of carbonyl (C=O) groups excluding carboxylic acids is 1. The fraction of sp³-hybridized carbons (Fsp3) is 0.350. The van der Waals surface area contributed by atoms with Crippen LogP contribution >= 0.6 is 23.2 Å². The van der Waals surface area contributed by atoms with Gasteiger partial charge in [0.15, 0.2) is 6.61 Å². The highest BCUT2D eigenvalue weighted by Gasteiger charge is 2.14. The molecule has 4 nitrogen and oxygen atoms in total. The minimum atomic E-state index is -0.174. The lowest BCUT2D eigenvalue weighted by atomic mass is 10.1. The van der Waals surface area contributed by atoms with Crippen LogP contribution in [0.25, 0.3) is 0 Å². The Kier molecular flexibility index (Phi) is 6.78. The summed E-state index contributed by atoms with van der Waals surface area (Å²) in [6, 6.07) is 13.2. The van der Waals surface area contributed by atoms with E-state index in [0.29, 0.717) is 22.3 Å². The first-order valence-corrected chi connectivity index (χ1v) is 9.51. The van der Waals surface area contributed by atoms with Gasteiger partial charge in [-0.1, -0.05) is 47.5 Å². The van der Waals surface area contributed by atoms with E-state index in [4.69, 9.17) is 27.9 Å². The Bertz CT molecular complexity index is 761. The number of nitrogens with zero attached hydrogens (tertiary/aromatic N) is 1. The fourth-order valence-electron chi connectivity index (χ4n) is 3.03. The minimum absolute atomic E-state index is 0.0632. The van der Waals surface area contributed by atoms with E-state index in [0.717, 1.165) is 25.2 Å². The third kappa shape index (κ3) is 5.37. The van der Waals surface area contributed by atoms with E-state index in [1.54, 1.807) is 18.2 Å². The largest absolute Gasteiger partial charge is 0.484 e. The van der Waals surface area contributed by atoms with Gasteiger partial charge in [0, 0.05) is 19.2 Å². The zero-order valence-corrected chi connectivity index (χ0v) is 16.0. The molecule has 138 valence electrons. The van der Waals surface area contributed by atoms with E-state index in [2.05, 4.69) is 22.3 Å². The second kappa shape index (κ2) is 9.26. The van der Waals surface area contributed by atoms with Crippen LogP contribution in [0.15, 0.2) is 42.5 Å². The number of hydrogen-bond donors (Lipinski definition) is 1. The van der Waals surface area contributed by atoms with Crippen molar-refractivity contribution in [2.75, 3.05) is 19.7 Å². The van der Waals surface area contributed by atoms with Gasteiger partial charge >= 0.3 is 0 Å². The zero-order chi connectivity index (χ0) is 18.4. The number of benzene rings is 2. The van der Waals surface area contributed by atoms with Crippen LogP contribution in [-0.2, 0) is 17.9 Å². The number of rotatable bonds is 7. The van der Waals surface area contributed by atoms with E-state index in [-0.39, 0.29) is 12.5 Å². The molecule has 0 radical (unpaired) electrons. The summed E-state index contributed by atoms with van der Waals surface area (Å²) in [4.78, 5) is 14.5. The van der Waals surface area contributed by atoms with Gasteiger partial charge in [0.05, 0.1) is 10.0 Å². The molecule has 6 heteroatoms. The maximum absolute atomic E-state index is 12.1. The van der Waals surface area contributed by atoms with Crippen LogP contribution in [0.4, 0.5) is 0 Å². The van der Waals surface area contributed by atoms with Gasteiger partial charge in [0.25, 0.3) is 5.91 Å². The Morgan fingerprint density at radius 3 is 2.50 bits per heavy atom. The van der Waals surface area contributed by atoms with Crippen molar-refractivity contribution in [1.82, 2.24) is 10.2 Å². The first-order valence-electron chi connectivity index (χ1n) is 8.75. The van der Waals surface area contributed by atoms with E-state index < -0.39 is 0 Å². The molecular formula is C20H22Cl2N2O2. The van der Waals surface area contributed by atoms with Crippen molar-refractivity contribution in [3.8, 4) is 5.75 Å². The number of hydrogen-bond acceptors (Lipinski definition) is 3. The highest BCUT2D eigenvalue weighted by molar-refractivity contribution is 6.42. The number of ether oxygens (including phenoxy) is 1. The summed E-state index contributed by atoms with van der Waals surface area (Å²) in [6.07, 6.45) is 2.54. The number of likely N-dealkylation sites (tertiary alicyclic amines) is 1. The molecule has 0 atom stereocenters.